The average Bonchev–Trinajstić information content (AvgIpc) is 2.94. The summed E-state index contributed by atoms with van der Waals surface area (Å²) < 4.78 is 2.54. The Balaban J connectivity index is 1.83. The van der Waals surface area contributed by atoms with Crippen LogP contribution in [0.5, 0.6) is 0 Å². The van der Waals surface area contributed by atoms with E-state index < -0.39 is 5.41 Å². The molecule has 1 amide bonds. The number of hydrogen-bond donors (Lipinski definition) is 1. The predicted octanol–water partition coefficient (Wildman–Crippen LogP) is 3.47. The van der Waals surface area contributed by atoms with Crippen molar-refractivity contribution in [2.24, 2.45) is 7.05 Å². The van der Waals surface area contributed by atoms with Crippen LogP contribution in [0.2, 0.25) is 0 Å². The molecule has 1 atom stereocenters. The summed E-state index contributed by atoms with van der Waals surface area (Å²) in [7, 11) is 1.93. The highest BCUT2D eigenvalue weighted by molar-refractivity contribution is 7.71. The first-order chi connectivity index (χ1) is 11.8. The van der Waals surface area contributed by atoms with Gasteiger partial charge in [0.15, 0.2) is 4.77 Å². The van der Waals surface area contributed by atoms with Crippen LogP contribution in [-0.2, 0) is 17.3 Å². The summed E-state index contributed by atoms with van der Waals surface area (Å²) in [6.45, 7) is 7.62. The standard InChI is InChI=1S/C19H26N4OS/c1-13-8-5-6-10-15(13)19(2,3)17(24)23-11-7-9-14(12-23)16-20-21-18(25)22(16)4/h5-6,8,10,14H,7,9,11-12H2,1-4H3,(H,21,25)/t14-/m1/s1. The molecule has 0 aliphatic carbocycles. The SMILES string of the molecule is Cc1ccccc1C(C)(C)C(=O)N1CCC[C@@H](c2n[nH]c(=S)n2C)C1. The van der Waals surface area contributed by atoms with Crippen LogP contribution in [0.4, 0.5) is 0 Å². The third kappa shape index (κ3) is 3.27. The van der Waals surface area contributed by atoms with Gasteiger partial charge >= 0.3 is 0 Å². The molecule has 25 heavy (non-hydrogen) atoms. The molecule has 3 rings (SSSR count). The quantitative estimate of drug-likeness (QED) is 0.855. The first-order valence-corrected chi connectivity index (χ1v) is 9.20. The largest absolute Gasteiger partial charge is 0.341 e. The molecule has 0 unspecified atom stereocenters. The van der Waals surface area contributed by atoms with E-state index in [1.807, 2.05) is 42.5 Å². The number of carbonyl (C=O) groups excluding carboxylic acids is 1. The zero-order valence-corrected chi connectivity index (χ0v) is 16.2. The Kier molecular flexibility index (Phi) is 4.82. The monoisotopic (exact) mass is 358 g/mol. The van der Waals surface area contributed by atoms with Crippen LogP contribution < -0.4 is 0 Å². The van der Waals surface area contributed by atoms with E-state index in [1.54, 1.807) is 0 Å². The molecule has 2 aromatic rings. The van der Waals surface area contributed by atoms with Gasteiger partial charge in [-0.05, 0) is 57.0 Å². The van der Waals surface area contributed by atoms with Gasteiger partial charge in [-0.3, -0.25) is 9.89 Å². The van der Waals surface area contributed by atoms with Crippen LogP contribution in [0.25, 0.3) is 0 Å². The third-order valence-electron chi connectivity index (χ3n) is 5.34. The minimum absolute atomic E-state index is 0.184. The molecular weight excluding hydrogens is 332 g/mol. The summed E-state index contributed by atoms with van der Waals surface area (Å²) in [4.78, 5) is 15.3. The lowest BCUT2D eigenvalue weighted by atomic mass is 9.80. The van der Waals surface area contributed by atoms with Gasteiger partial charge in [0.2, 0.25) is 5.91 Å². The first kappa shape index (κ1) is 17.9. The lowest BCUT2D eigenvalue weighted by molar-refractivity contribution is -0.137. The summed E-state index contributed by atoms with van der Waals surface area (Å²) in [6.07, 6.45) is 2.02. The summed E-state index contributed by atoms with van der Waals surface area (Å²) in [5.41, 5.74) is 1.72. The van der Waals surface area contributed by atoms with Gasteiger partial charge in [0.05, 0.1) is 5.41 Å². The number of likely N-dealkylation sites (tertiary alicyclic amines) is 1. The molecule has 134 valence electrons. The molecule has 2 heterocycles. The molecule has 1 aliphatic heterocycles. The number of H-pyrrole nitrogens is 1. The maximum Gasteiger partial charge on any atom is 0.232 e. The van der Waals surface area contributed by atoms with Crippen LogP contribution in [-0.4, -0.2) is 38.7 Å². The normalized spacial score (nSPS) is 18.4. The van der Waals surface area contributed by atoms with Crippen LogP contribution in [0, 0.1) is 11.7 Å². The van der Waals surface area contributed by atoms with Crippen molar-refractivity contribution in [2.45, 2.75) is 44.9 Å². The van der Waals surface area contributed by atoms with Gasteiger partial charge in [0.1, 0.15) is 5.82 Å². The van der Waals surface area contributed by atoms with E-state index in [9.17, 15) is 4.79 Å². The summed E-state index contributed by atoms with van der Waals surface area (Å²) in [5, 5.41) is 7.23. The average molecular weight is 359 g/mol. The van der Waals surface area contributed by atoms with E-state index in [-0.39, 0.29) is 11.8 Å². The Morgan fingerprint density at radius 3 is 2.72 bits per heavy atom. The fourth-order valence-electron chi connectivity index (χ4n) is 3.88. The number of nitrogens with zero attached hydrogens (tertiary/aromatic N) is 3. The van der Waals surface area contributed by atoms with Crippen molar-refractivity contribution in [3.63, 3.8) is 0 Å². The minimum atomic E-state index is -0.538. The van der Waals surface area contributed by atoms with E-state index in [0.29, 0.717) is 11.3 Å². The van der Waals surface area contributed by atoms with Gasteiger partial charge in [0.25, 0.3) is 0 Å². The smallest absolute Gasteiger partial charge is 0.232 e. The van der Waals surface area contributed by atoms with E-state index in [4.69, 9.17) is 12.2 Å². The molecule has 1 aromatic heterocycles. The number of aromatic amines is 1. The Hall–Kier alpha value is -1.95. The van der Waals surface area contributed by atoms with Crippen molar-refractivity contribution >= 4 is 18.1 Å². The fraction of sp³-hybridized carbons (Fsp3) is 0.526. The van der Waals surface area contributed by atoms with Crippen LogP contribution in [0.1, 0.15) is 49.6 Å². The topological polar surface area (TPSA) is 53.9 Å². The molecule has 1 N–H and O–H groups in total. The van der Waals surface area contributed by atoms with E-state index in [1.165, 1.54) is 0 Å². The molecule has 1 fully saturated rings. The highest BCUT2D eigenvalue weighted by atomic mass is 32.1. The molecular formula is C19H26N4OS. The van der Waals surface area contributed by atoms with Crippen LogP contribution in [0.15, 0.2) is 24.3 Å². The van der Waals surface area contributed by atoms with Crippen molar-refractivity contribution in [2.75, 3.05) is 13.1 Å². The molecule has 6 heteroatoms. The molecule has 0 saturated carbocycles. The van der Waals surface area contributed by atoms with Crippen molar-refractivity contribution < 1.29 is 4.79 Å². The summed E-state index contributed by atoms with van der Waals surface area (Å²) in [6, 6.07) is 8.15. The Bertz CT molecular complexity index is 836. The number of amides is 1. The molecule has 1 saturated heterocycles. The van der Waals surface area contributed by atoms with Crippen molar-refractivity contribution in [1.29, 1.82) is 0 Å². The van der Waals surface area contributed by atoms with Crippen molar-refractivity contribution in [3.8, 4) is 0 Å². The number of rotatable bonds is 3. The highest BCUT2D eigenvalue weighted by Crippen LogP contribution is 2.32. The molecule has 0 bridgehead atoms. The van der Waals surface area contributed by atoms with Crippen LogP contribution >= 0.6 is 12.2 Å². The summed E-state index contributed by atoms with van der Waals surface area (Å²) in [5.74, 6) is 1.35. The number of carbonyl (C=O) groups is 1. The second-order valence-corrected chi connectivity index (χ2v) is 7.86. The van der Waals surface area contributed by atoms with E-state index in [0.717, 1.165) is 36.3 Å². The number of aromatic nitrogens is 3. The maximum absolute atomic E-state index is 13.3. The zero-order valence-electron chi connectivity index (χ0n) is 15.4. The number of piperidine rings is 1. The van der Waals surface area contributed by atoms with Gasteiger partial charge in [-0.1, -0.05) is 24.3 Å². The molecule has 1 aliphatic rings. The second kappa shape index (κ2) is 6.75. The van der Waals surface area contributed by atoms with Gasteiger partial charge in [0, 0.05) is 26.1 Å². The number of benzene rings is 1. The second-order valence-electron chi connectivity index (χ2n) is 7.48. The van der Waals surface area contributed by atoms with Crippen molar-refractivity contribution in [3.05, 3.63) is 46.0 Å². The number of aryl methyl sites for hydroxylation is 1. The predicted molar refractivity (Wildman–Crippen MR) is 101 cm³/mol. The Morgan fingerprint density at radius 2 is 2.08 bits per heavy atom. The zero-order chi connectivity index (χ0) is 18.2. The number of hydrogen-bond acceptors (Lipinski definition) is 3. The summed E-state index contributed by atoms with van der Waals surface area (Å²) >= 11 is 5.23. The van der Waals surface area contributed by atoms with Gasteiger partial charge in [-0.15, -0.1) is 0 Å². The number of nitrogens with one attached hydrogen (secondary N) is 1. The fourth-order valence-corrected chi connectivity index (χ4v) is 4.02. The Labute approximate surface area is 154 Å². The molecule has 1 aromatic carbocycles. The Morgan fingerprint density at radius 1 is 1.36 bits per heavy atom. The lowest BCUT2D eigenvalue weighted by Crippen LogP contribution is -2.48. The minimum Gasteiger partial charge on any atom is -0.341 e. The van der Waals surface area contributed by atoms with E-state index in [2.05, 4.69) is 29.3 Å². The molecule has 5 nitrogen and oxygen atoms in total. The lowest BCUT2D eigenvalue weighted by Gasteiger charge is -2.38. The first-order valence-electron chi connectivity index (χ1n) is 8.79. The molecule has 0 radical (unpaired) electrons. The maximum atomic E-state index is 13.3. The highest BCUT2D eigenvalue weighted by Gasteiger charge is 2.37. The third-order valence-corrected chi connectivity index (χ3v) is 5.71. The van der Waals surface area contributed by atoms with Gasteiger partial charge in [-0.2, -0.15) is 5.10 Å². The van der Waals surface area contributed by atoms with Crippen LogP contribution in [0.3, 0.4) is 0 Å². The molecule has 0 spiro atoms. The van der Waals surface area contributed by atoms with Crippen molar-refractivity contribution in [1.82, 2.24) is 19.7 Å². The van der Waals surface area contributed by atoms with Gasteiger partial charge in [-0.25, -0.2) is 0 Å². The van der Waals surface area contributed by atoms with E-state index >= 15 is 0 Å². The van der Waals surface area contributed by atoms with Gasteiger partial charge < -0.3 is 9.47 Å².